The molecule has 1 aromatic carbocycles. The Labute approximate surface area is 147 Å². The van der Waals surface area contributed by atoms with Gasteiger partial charge in [0, 0.05) is 24.1 Å². The molecule has 2 N–H and O–H groups in total. The summed E-state index contributed by atoms with van der Waals surface area (Å²) in [6, 6.07) is 11.6. The average Bonchev–Trinajstić information content (AvgIpc) is 3.19. The van der Waals surface area contributed by atoms with Gasteiger partial charge in [-0.15, -0.1) is 4.73 Å². The molecule has 130 valence electrons. The van der Waals surface area contributed by atoms with Crippen molar-refractivity contribution in [3.05, 3.63) is 53.9 Å². The van der Waals surface area contributed by atoms with Crippen LogP contribution in [-0.4, -0.2) is 37.9 Å². The molecule has 0 saturated heterocycles. The standard InChI is InChI=1S/C17H16N2O5S/c1-25-10-9-12-15(17(22)24-19-13(20)7-8-14(19)21)23-16(18-12)11-5-3-2-4-6-11/h2-8,20-21H,9-10H2,1H3. The molecule has 3 rings (SSSR count). The fraction of sp³-hybridized carbons (Fsp3) is 0.176. The lowest BCUT2D eigenvalue weighted by Gasteiger charge is -2.05. The molecule has 0 radical (unpaired) electrons. The highest BCUT2D eigenvalue weighted by atomic mass is 32.2. The Hall–Kier alpha value is -2.87. The van der Waals surface area contributed by atoms with Gasteiger partial charge >= 0.3 is 5.97 Å². The molecule has 2 aromatic heterocycles. The van der Waals surface area contributed by atoms with E-state index in [1.54, 1.807) is 11.8 Å². The number of nitrogens with zero attached hydrogens (tertiary/aromatic N) is 2. The second kappa shape index (κ2) is 7.35. The van der Waals surface area contributed by atoms with Crippen molar-refractivity contribution in [2.45, 2.75) is 6.42 Å². The van der Waals surface area contributed by atoms with E-state index in [4.69, 9.17) is 9.25 Å². The Morgan fingerprint density at radius 2 is 1.88 bits per heavy atom. The molecule has 0 atom stereocenters. The van der Waals surface area contributed by atoms with Crippen molar-refractivity contribution in [1.29, 1.82) is 0 Å². The van der Waals surface area contributed by atoms with Crippen molar-refractivity contribution < 1.29 is 24.3 Å². The first-order valence-electron chi connectivity index (χ1n) is 7.46. The van der Waals surface area contributed by atoms with Crippen molar-refractivity contribution >= 4 is 17.7 Å². The first-order chi connectivity index (χ1) is 12.1. The van der Waals surface area contributed by atoms with Crippen molar-refractivity contribution in [1.82, 2.24) is 9.71 Å². The predicted octanol–water partition coefficient (Wildman–Crippen LogP) is 2.73. The number of carbonyl (C=O) groups excluding carboxylic acids is 1. The average molecular weight is 360 g/mol. The summed E-state index contributed by atoms with van der Waals surface area (Å²) in [5.74, 6) is -0.655. The lowest BCUT2D eigenvalue weighted by Crippen LogP contribution is -2.20. The van der Waals surface area contributed by atoms with Gasteiger partial charge in [0.05, 0.1) is 5.69 Å². The van der Waals surface area contributed by atoms with Crippen LogP contribution in [0.4, 0.5) is 0 Å². The zero-order valence-electron chi connectivity index (χ0n) is 13.4. The van der Waals surface area contributed by atoms with Gasteiger partial charge in [0.2, 0.25) is 23.4 Å². The third kappa shape index (κ3) is 3.63. The number of thioether (sulfide) groups is 1. The van der Waals surface area contributed by atoms with Gasteiger partial charge in [0.1, 0.15) is 0 Å². The van der Waals surface area contributed by atoms with E-state index in [0.29, 0.717) is 22.7 Å². The van der Waals surface area contributed by atoms with Crippen LogP contribution in [0.2, 0.25) is 0 Å². The minimum atomic E-state index is -0.854. The largest absolute Gasteiger partial charge is 0.492 e. The molecule has 0 amide bonds. The highest BCUT2D eigenvalue weighted by Crippen LogP contribution is 2.24. The molecule has 0 aliphatic carbocycles. The lowest BCUT2D eigenvalue weighted by molar-refractivity contribution is 0.0346. The van der Waals surface area contributed by atoms with Crippen LogP contribution in [0.3, 0.4) is 0 Å². The fourth-order valence-corrected chi connectivity index (χ4v) is 2.60. The molecule has 0 unspecified atom stereocenters. The number of hydrogen-bond acceptors (Lipinski definition) is 7. The second-order valence-corrected chi connectivity index (χ2v) is 6.11. The number of aromatic hydroxyl groups is 2. The number of aromatic nitrogens is 2. The highest BCUT2D eigenvalue weighted by Gasteiger charge is 2.24. The van der Waals surface area contributed by atoms with E-state index in [1.807, 2.05) is 36.6 Å². The molecular weight excluding hydrogens is 344 g/mol. The van der Waals surface area contributed by atoms with E-state index in [9.17, 15) is 15.0 Å². The van der Waals surface area contributed by atoms with Crippen LogP contribution in [0.25, 0.3) is 11.5 Å². The van der Waals surface area contributed by atoms with Crippen LogP contribution in [0.5, 0.6) is 11.8 Å². The molecule has 0 fully saturated rings. The Morgan fingerprint density at radius 1 is 1.20 bits per heavy atom. The van der Waals surface area contributed by atoms with Gasteiger partial charge in [-0.2, -0.15) is 11.8 Å². The normalized spacial score (nSPS) is 10.8. The van der Waals surface area contributed by atoms with Crippen molar-refractivity contribution in [2.24, 2.45) is 0 Å². The third-order valence-corrected chi connectivity index (χ3v) is 4.03. The molecule has 2 heterocycles. The Balaban J connectivity index is 1.93. The fourth-order valence-electron chi connectivity index (χ4n) is 2.20. The van der Waals surface area contributed by atoms with Crippen molar-refractivity contribution in [3.63, 3.8) is 0 Å². The second-order valence-electron chi connectivity index (χ2n) is 5.13. The van der Waals surface area contributed by atoms with Crippen LogP contribution in [0.15, 0.2) is 46.9 Å². The van der Waals surface area contributed by atoms with Gasteiger partial charge in [-0.3, -0.25) is 0 Å². The van der Waals surface area contributed by atoms with Crippen LogP contribution < -0.4 is 4.84 Å². The Kier molecular flexibility index (Phi) is 4.99. The minimum Gasteiger partial charge on any atom is -0.492 e. The van der Waals surface area contributed by atoms with Gasteiger partial charge in [-0.05, 0) is 24.1 Å². The summed E-state index contributed by atoms with van der Waals surface area (Å²) in [5, 5.41) is 19.2. The molecule has 3 aromatic rings. The summed E-state index contributed by atoms with van der Waals surface area (Å²) in [7, 11) is 0. The maximum absolute atomic E-state index is 12.4. The zero-order chi connectivity index (χ0) is 17.8. The molecule has 25 heavy (non-hydrogen) atoms. The first kappa shape index (κ1) is 17.0. The summed E-state index contributed by atoms with van der Waals surface area (Å²) >= 11 is 1.61. The van der Waals surface area contributed by atoms with Crippen molar-refractivity contribution in [3.8, 4) is 23.2 Å². The van der Waals surface area contributed by atoms with Crippen LogP contribution in [-0.2, 0) is 6.42 Å². The number of rotatable bonds is 6. The highest BCUT2D eigenvalue weighted by molar-refractivity contribution is 7.98. The van der Waals surface area contributed by atoms with E-state index >= 15 is 0 Å². The summed E-state index contributed by atoms with van der Waals surface area (Å²) in [6.07, 6.45) is 2.47. The SMILES string of the molecule is CSCCc1nc(-c2ccccc2)oc1C(=O)On1c(O)ccc1O. The summed E-state index contributed by atoms with van der Waals surface area (Å²) in [5.41, 5.74) is 1.20. The minimum absolute atomic E-state index is 0.0552. The third-order valence-electron chi connectivity index (χ3n) is 3.42. The number of benzene rings is 1. The number of carbonyl (C=O) groups is 1. The predicted molar refractivity (Wildman–Crippen MR) is 92.7 cm³/mol. The van der Waals surface area contributed by atoms with Gasteiger partial charge in [-0.25, -0.2) is 9.78 Å². The maximum Gasteiger partial charge on any atom is 0.401 e. The lowest BCUT2D eigenvalue weighted by atomic mass is 10.2. The summed E-state index contributed by atoms with van der Waals surface area (Å²) in [6.45, 7) is 0. The Bertz CT molecular complexity index is 853. The van der Waals surface area contributed by atoms with Crippen LogP contribution in [0.1, 0.15) is 16.2 Å². The van der Waals surface area contributed by atoms with Gasteiger partial charge < -0.3 is 19.5 Å². The van der Waals surface area contributed by atoms with Gasteiger partial charge in [0.25, 0.3) is 0 Å². The van der Waals surface area contributed by atoms with E-state index in [0.717, 1.165) is 11.3 Å². The smallest absolute Gasteiger partial charge is 0.401 e. The molecule has 0 saturated carbocycles. The van der Waals surface area contributed by atoms with Gasteiger partial charge in [-0.1, -0.05) is 18.2 Å². The molecule has 8 heteroatoms. The first-order valence-corrected chi connectivity index (χ1v) is 8.86. The Morgan fingerprint density at radius 3 is 2.52 bits per heavy atom. The van der Waals surface area contributed by atoms with E-state index in [-0.39, 0.29) is 5.76 Å². The van der Waals surface area contributed by atoms with Crippen molar-refractivity contribution in [2.75, 3.05) is 12.0 Å². The van der Waals surface area contributed by atoms with Crippen LogP contribution >= 0.6 is 11.8 Å². The summed E-state index contributed by atoms with van der Waals surface area (Å²) < 4.78 is 6.23. The summed E-state index contributed by atoms with van der Waals surface area (Å²) in [4.78, 5) is 21.8. The topological polar surface area (TPSA) is 97.7 Å². The van der Waals surface area contributed by atoms with E-state index in [1.165, 1.54) is 12.1 Å². The number of hydrogen-bond donors (Lipinski definition) is 2. The molecular formula is C17H16N2O5S. The number of aryl methyl sites for hydroxylation is 1. The van der Waals surface area contributed by atoms with Gasteiger partial charge in [0.15, 0.2) is 0 Å². The van der Waals surface area contributed by atoms with Crippen LogP contribution in [0, 0.1) is 0 Å². The molecule has 0 aliphatic rings. The van der Waals surface area contributed by atoms with E-state index < -0.39 is 17.7 Å². The number of oxazole rings is 1. The quantitative estimate of drug-likeness (QED) is 0.697. The molecule has 0 aliphatic heterocycles. The maximum atomic E-state index is 12.4. The molecule has 0 spiro atoms. The molecule has 0 bridgehead atoms. The monoisotopic (exact) mass is 360 g/mol. The molecule has 7 nitrogen and oxygen atoms in total. The van der Waals surface area contributed by atoms with E-state index in [2.05, 4.69) is 4.98 Å². The zero-order valence-corrected chi connectivity index (χ0v) is 14.2.